The summed E-state index contributed by atoms with van der Waals surface area (Å²) in [7, 11) is 0. The van der Waals surface area contributed by atoms with Crippen LogP contribution in [0.3, 0.4) is 0 Å². The van der Waals surface area contributed by atoms with Gasteiger partial charge in [-0.1, -0.05) is 47.0 Å². The highest BCUT2D eigenvalue weighted by molar-refractivity contribution is 4.61. The maximum atomic E-state index is 5.92. The van der Waals surface area contributed by atoms with Gasteiger partial charge in [0.1, 0.15) is 0 Å². The van der Waals surface area contributed by atoms with Crippen LogP contribution in [0.15, 0.2) is 0 Å². The lowest BCUT2D eigenvalue weighted by Crippen LogP contribution is -2.40. The van der Waals surface area contributed by atoms with Crippen molar-refractivity contribution < 1.29 is 14.2 Å². The molecule has 0 aliphatic rings. The van der Waals surface area contributed by atoms with E-state index >= 15 is 0 Å². The zero-order chi connectivity index (χ0) is 14.4. The van der Waals surface area contributed by atoms with E-state index < -0.39 is 5.97 Å². The number of hydrogen-bond donors (Lipinski definition) is 0. The monoisotopic (exact) mass is 273 g/mol. The van der Waals surface area contributed by atoms with Gasteiger partial charge in [-0.2, -0.15) is 0 Å². The van der Waals surface area contributed by atoms with Crippen LogP contribution in [0.4, 0.5) is 0 Å². The Morgan fingerprint density at radius 1 is 0.737 bits per heavy atom. The Kier molecular flexibility index (Phi) is 12.8. The molecule has 1 radical (unpaired) electrons. The SMILES string of the molecule is [CH2]CCC(OCCCC)(OCCCC)OCCCC. The highest BCUT2D eigenvalue weighted by atomic mass is 16.9. The molecule has 0 aliphatic carbocycles. The molecule has 0 amide bonds. The molecule has 0 unspecified atom stereocenters. The van der Waals surface area contributed by atoms with Crippen molar-refractivity contribution in [3.05, 3.63) is 6.92 Å². The second kappa shape index (κ2) is 12.9. The first-order chi connectivity index (χ1) is 9.24. The lowest BCUT2D eigenvalue weighted by molar-refractivity contribution is -0.383. The Bertz CT molecular complexity index is 156. The first-order valence-corrected chi connectivity index (χ1v) is 7.95. The fourth-order valence-corrected chi connectivity index (χ4v) is 1.67. The maximum Gasteiger partial charge on any atom is 0.282 e. The van der Waals surface area contributed by atoms with E-state index in [9.17, 15) is 0 Å². The van der Waals surface area contributed by atoms with Gasteiger partial charge in [0.2, 0.25) is 0 Å². The fraction of sp³-hybridized carbons (Fsp3) is 0.938. The van der Waals surface area contributed by atoms with Gasteiger partial charge in [0.25, 0.3) is 5.97 Å². The summed E-state index contributed by atoms with van der Waals surface area (Å²) in [6, 6.07) is 0. The summed E-state index contributed by atoms with van der Waals surface area (Å²) < 4.78 is 17.8. The van der Waals surface area contributed by atoms with Gasteiger partial charge in [-0.15, -0.1) is 0 Å². The van der Waals surface area contributed by atoms with Crippen LogP contribution >= 0.6 is 0 Å². The standard InChI is InChI=1S/C16H33O3/c1-5-9-13-17-16(12-8-4,18-14-10-6-2)19-15-11-7-3/h4-15H2,1-3H3. The van der Waals surface area contributed by atoms with Gasteiger partial charge in [-0.3, -0.25) is 0 Å². The molecule has 0 aromatic carbocycles. The largest absolute Gasteiger partial charge is 0.327 e. The predicted molar refractivity (Wildman–Crippen MR) is 79.9 cm³/mol. The van der Waals surface area contributed by atoms with Crippen molar-refractivity contribution in [2.45, 2.75) is 78.1 Å². The van der Waals surface area contributed by atoms with E-state index in [0.29, 0.717) is 26.2 Å². The van der Waals surface area contributed by atoms with Crippen molar-refractivity contribution in [3.8, 4) is 0 Å². The Morgan fingerprint density at radius 2 is 1.11 bits per heavy atom. The van der Waals surface area contributed by atoms with Crippen molar-refractivity contribution >= 4 is 0 Å². The predicted octanol–water partition coefficient (Wildman–Crippen LogP) is 4.70. The van der Waals surface area contributed by atoms with Gasteiger partial charge in [0.15, 0.2) is 0 Å². The molecule has 0 spiro atoms. The molecule has 0 aromatic heterocycles. The third-order valence-electron chi connectivity index (χ3n) is 2.94. The van der Waals surface area contributed by atoms with Crippen LogP contribution in [0.5, 0.6) is 0 Å². The third-order valence-corrected chi connectivity index (χ3v) is 2.94. The zero-order valence-corrected chi connectivity index (χ0v) is 13.2. The average molecular weight is 273 g/mol. The highest BCUT2D eigenvalue weighted by Gasteiger charge is 2.32. The van der Waals surface area contributed by atoms with Crippen molar-refractivity contribution in [2.24, 2.45) is 0 Å². The van der Waals surface area contributed by atoms with E-state index in [1.165, 1.54) is 0 Å². The summed E-state index contributed by atoms with van der Waals surface area (Å²) >= 11 is 0. The van der Waals surface area contributed by atoms with Crippen LogP contribution in [0.1, 0.15) is 72.1 Å². The second-order valence-corrected chi connectivity index (χ2v) is 4.89. The molecule has 0 heterocycles. The van der Waals surface area contributed by atoms with Crippen LogP contribution in [0.25, 0.3) is 0 Å². The Labute approximate surface area is 120 Å². The average Bonchev–Trinajstić information content (AvgIpc) is 2.40. The number of ether oxygens (including phenoxy) is 3. The summed E-state index contributed by atoms with van der Waals surface area (Å²) in [4.78, 5) is 0. The Balaban J connectivity index is 4.37. The minimum Gasteiger partial charge on any atom is -0.327 e. The van der Waals surface area contributed by atoms with E-state index in [1.807, 2.05) is 0 Å². The van der Waals surface area contributed by atoms with Crippen LogP contribution in [-0.2, 0) is 14.2 Å². The molecule has 0 aromatic rings. The van der Waals surface area contributed by atoms with Gasteiger partial charge in [-0.05, 0) is 25.7 Å². The van der Waals surface area contributed by atoms with Crippen molar-refractivity contribution in [1.82, 2.24) is 0 Å². The summed E-state index contributed by atoms with van der Waals surface area (Å²) in [6.07, 6.45) is 7.90. The lowest BCUT2D eigenvalue weighted by Gasteiger charge is -2.33. The lowest BCUT2D eigenvalue weighted by atomic mass is 10.2. The molecule has 0 aliphatic heterocycles. The molecule has 3 heteroatoms. The first-order valence-electron chi connectivity index (χ1n) is 7.95. The molecular weight excluding hydrogens is 240 g/mol. The summed E-state index contributed by atoms with van der Waals surface area (Å²) in [5.41, 5.74) is 0. The quantitative estimate of drug-likeness (QED) is 0.339. The molecule has 0 rings (SSSR count). The molecule has 19 heavy (non-hydrogen) atoms. The van der Waals surface area contributed by atoms with Gasteiger partial charge in [-0.25, -0.2) is 0 Å². The molecule has 0 N–H and O–H groups in total. The topological polar surface area (TPSA) is 27.7 Å². The fourth-order valence-electron chi connectivity index (χ4n) is 1.67. The molecular formula is C16H33O3. The van der Waals surface area contributed by atoms with E-state index in [-0.39, 0.29) is 0 Å². The molecule has 0 fully saturated rings. The van der Waals surface area contributed by atoms with E-state index in [4.69, 9.17) is 14.2 Å². The van der Waals surface area contributed by atoms with Crippen LogP contribution < -0.4 is 0 Å². The van der Waals surface area contributed by atoms with E-state index in [2.05, 4.69) is 27.7 Å². The Morgan fingerprint density at radius 3 is 1.37 bits per heavy atom. The molecule has 115 valence electrons. The van der Waals surface area contributed by atoms with Gasteiger partial charge < -0.3 is 14.2 Å². The molecule has 0 bridgehead atoms. The molecule has 0 saturated heterocycles. The first kappa shape index (κ1) is 18.9. The molecule has 0 saturated carbocycles. The minimum absolute atomic E-state index is 0.689. The second-order valence-electron chi connectivity index (χ2n) is 4.89. The number of hydrogen-bond acceptors (Lipinski definition) is 3. The van der Waals surface area contributed by atoms with Crippen LogP contribution in [0, 0.1) is 6.92 Å². The van der Waals surface area contributed by atoms with Crippen molar-refractivity contribution in [1.29, 1.82) is 0 Å². The van der Waals surface area contributed by atoms with Crippen LogP contribution in [-0.4, -0.2) is 25.8 Å². The minimum atomic E-state index is -0.860. The Hall–Kier alpha value is -0.120. The van der Waals surface area contributed by atoms with E-state index in [0.717, 1.165) is 44.9 Å². The summed E-state index contributed by atoms with van der Waals surface area (Å²) in [5, 5.41) is 0. The van der Waals surface area contributed by atoms with Crippen LogP contribution in [0.2, 0.25) is 0 Å². The normalized spacial score (nSPS) is 12.0. The molecule has 0 atom stereocenters. The van der Waals surface area contributed by atoms with Gasteiger partial charge in [0, 0.05) is 6.42 Å². The van der Waals surface area contributed by atoms with E-state index in [1.54, 1.807) is 0 Å². The maximum absolute atomic E-state index is 5.92. The zero-order valence-electron chi connectivity index (χ0n) is 13.2. The third kappa shape index (κ3) is 9.42. The number of rotatable bonds is 14. The summed E-state index contributed by atoms with van der Waals surface area (Å²) in [6.45, 7) is 12.4. The van der Waals surface area contributed by atoms with Crippen molar-refractivity contribution in [3.63, 3.8) is 0 Å². The highest BCUT2D eigenvalue weighted by Crippen LogP contribution is 2.23. The van der Waals surface area contributed by atoms with Gasteiger partial charge in [0.05, 0.1) is 19.8 Å². The summed E-state index contributed by atoms with van der Waals surface area (Å²) in [5.74, 6) is -0.860. The smallest absolute Gasteiger partial charge is 0.282 e. The van der Waals surface area contributed by atoms with Crippen molar-refractivity contribution in [2.75, 3.05) is 19.8 Å². The molecule has 3 nitrogen and oxygen atoms in total. The number of unbranched alkanes of at least 4 members (excludes halogenated alkanes) is 3. The van der Waals surface area contributed by atoms with Gasteiger partial charge >= 0.3 is 0 Å².